The molecule has 6 heteroatoms. The SMILES string of the molecule is COc1ccccc1[C@]1(F)C(=O)N(OC(=O)C2c3ccccc3-c3ccccc32)c2ccccc21. The zero-order valence-corrected chi connectivity index (χ0v) is 18.8. The first-order valence-electron chi connectivity index (χ1n) is 11.2. The highest BCUT2D eigenvalue weighted by atomic mass is 19.1. The molecule has 0 N–H and O–H groups in total. The molecular weight excluding hydrogens is 445 g/mol. The molecule has 35 heavy (non-hydrogen) atoms. The van der Waals surface area contributed by atoms with Crippen molar-refractivity contribution >= 4 is 17.6 Å². The van der Waals surface area contributed by atoms with Gasteiger partial charge in [-0.2, -0.15) is 0 Å². The van der Waals surface area contributed by atoms with Gasteiger partial charge in [-0.05, 0) is 34.4 Å². The van der Waals surface area contributed by atoms with Crippen LogP contribution in [0.3, 0.4) is 0 Å². The van der Waals surface area contributed by atoms with Crippen LogP contribution < -0.4 is 9.80 Å². The van der Waals surface area contributed by atoms with Gasteiger partial charge in [0.1, 0.15) is 11.7 Å². The Morgan fingerprint density at radius 1 is 0.800 bits per heavy atom. The van der Waals surface area contributed by atoms with Gasteiger partial charge in [0, 0.05) is 11.1 Å². The molecule has 0 radical (unpaired) electrons. The number of anilines is 1. The zero-order valence-electron chi connectivity index (χ0n) is 18.8. The lowest BCUT2D eigenvalue weighted by molar-refractivity contribution is -0.153. The van der Waals surface area contributed by atoms with E-state index in [4.69, 9.17) is 9.57 Å². The zero-order chi connectivity index (χ0) is 24.2. The van der Waals surface area contributed by atoms with E-state index in [0.717, 1.165) is 27.3 Å². The third kappa shape index (κ3) is 2.93. The number of fused-ring (bicyclic) bond motifs is 4. The molecule has 5 nitrogen and oxygen atoms in total. The average molecular weight is 465 g/mol. The number of carbonyl (C=O) groups is 2. The monoisotopic (exact) mass is 465 g/mol. The number of amides is 1. The van der Waals surface area contributed by atoms with Gasteiger partial charge < -0.3 is 9.57 Å². The summed E-state index contributed by atoms with van der Waals surface area (Å²) in [6.45, 7) is 0. The Balaban J connectivity index is 1.42. The number of methoxy groups -OCH3 is 1. The Morgan fingerprint density at radius 3 is 2.00 bits per heavy atom. The molecule has 6 rings (SSSR count). The summed E-state index contributed by atoms with van der Waals surface area (Å²) in [6, 6.07) is 28.0. The first-order chi connectivity index (χ1) is 17.1. The summed E-state index contributed by atoms with van der Waals surface area (Å²) in [7, 11) is 1.42. The van der Waals surface area contributed by atoms with Crippen LogP contribution in [0.25, 0.3) is 11.1 Å². The van der Waals surface area contributed by atoms with Crippen LogP contribution >= 0.6 is 0 Å². The first-order valence-corrected chi connectivity index (χ1v) is 11.2. The summed E-state index contributed by atoms with van der Waals surface area (Å²) in [5.41, 5.74) is 1.20. The lowest BCUT2D eigenvalue weighted by Gasteiger charge is -2.23. The maximum absolute atomic E-state index is 16.8. The first kappa shape index (κ1) is 21.1. The lowest BCUT2D eigenvalue weighted by atomic mass is 9.88. The van der Waals surface area contributed by atoms with Crippen molar-refractivity contribution in [2.45, 2.75) is 11.6 Å². The minimum absolute atomic E-state index is 0.0510. The molecule has 1 amide bonds. The van der Waals surface area contributed by atoms with Crippen molar-refractivity contribution in [3.63, 3.8) is 0 Å². The minimum Gasteiger partial charge on any atom is -0.496 e. The number of rotatable bonds is 4. The molecule has 0 spiro atoms. The van der Waals surface area contributed by atoms with Gasteiger partial charge in [0.05, 0.1) is 12.8 Å². The number of carbonyl (C=O) groups excluding carboxylic acids is 2. The molecule has 2 aliphatic rings. The van der Waals surface area contributed by atoms with E-state index >= 15 is 4.39 Å². The largest absolute Gasteiger partial charge is 0.496 e. The van der Waals surface area contributed by atoms with E-state index in [9.17, 15) is 9.59 Å². The fraction of sp³-hybridized carbons (Fsp3) is 0.103. The van der Waals surface area contributed by atoms with Crippen LogP contribution in [-0.2, 0) is 20.1 Å². The maximum atomic E-state index is 16.8. The minimum atomic E-state index is -2.57. The molecule has 4 aromatic carbocycles. The number of halogens is 1. The Bertz CT molecular complexity index is 1450. The molecule has 1 aliphatic carbocycles. The van der Waals surface area contributed by atoms with Gasteiger partial charge in [0.2, 0.25) is 5.67 Å². The predicted octanol–water partition coefficient (Wildman–Crippen LogP) is 5.53. The number of alkyl halides is 1. The molecule has 0 saturated carbocycles. The Hall–Kier alpha value is -4.45. The van der Waals surface area contributed by atoms with Gasteiger partial charge in [0.25, 0.3) is 0 Å². The Labute approximate surface area is 201 Å². The second-order valence-electron chi connectivity index (χ2n) is 8.49. The molecule has 0 saturated heterocycles. The summed E-state index contributed by atoms with van der Waals surface area (Å²) in [5, 5.41) is 0.785. The van der Waals surface area contributed by atoms with E-state index in [1.165, 1.54) is 19.2 Å². The molecule has 1 heterocycles. The maximum Gasteiger partial charge on any atom is 0.344 e. The standard InChI is InChI=1S/C29H20FNO4/c1-34-25-17-9-7-15-23(25)29(30)22-14-6-8-16-24(22)31(28(29)33)35-27(32)26-20-12-4-2-10-18(20)19-11-3-5-13-21(19)26/h2-17,26H,1H3/t29-/m0/s1. The lowest BCUT2D eigenvalue weighted by Crippen LogP contribution is -2.40. The van der Waals surface area contributed by atoms with Crippen molar-refractivity contribution in [1.29, 1.82) is 0 Å². The van der Waals surface area contributed by atoms with E-state index in [-0.39, 0.29) is 22.6 Å². The van der Waals surface area contributed by atoms with Gasteiger partial charge in [-0.1, -0.05) is 84.9 Å². The van der Waals surface area contributed by atoms with Gasteiger partial charge in [0.15, 0.2) is 0 Å². The topological polar surface area (TPSA) is 55.8 Å². The van der Waals surface area contributed by atoms with Crippen LogP contribution in [0.1, 0.15) is 28.2 Å². The van der Waals surface area contributed by atoms with Crippen LogP contribution in [0.15, 0.2) is 97.1 Å². The van der Waals surface area contributed by atoms with E-state index in [1.54, 1.807) is 36.4 Å². The summed E-state index contributed by atoms with van der Waals surface area (Å²) < 4.78 is 22.1. The fourth-order valence-electron chi connectivity index (χ4n) is 5.14. The highest BCUT2D eigenvalue weighted by molar-refractivity contribution is 6.09. The van der Waals surface area contributed by atoms with Crippen LogP contribution in [0.5, 0.6) is 5.75 Å². The number of para-hydroxylation sites is 2. The molecule has 1 atom stereocenters. The highest BCUT2D eigenvalue weighted by Crippen LogP contribution is 2.51. The Morgan fingerprint density at radius 2 is 1.34 bits per heavy atom. The van der Waals surface area contributed by atoms with Crippen LogP contribution in [-0.4, -0.2) is 19.0 Å². The number of ether oxygens (including phenoxy) is 1. The smallest absolute Gasteiger partial charge is 0.344 e. The van der Waals surface area contributed by atoms with Crippen molar-refractivity contribution in [1.82, 2.24) is 0 Å². The summed E-state index contributed by atoms with van der Waals surface area (Å²) in [5.74, 6) is -2.17. The molecule has 0 fully saturated rings. The van der Waals surface area contributed by atoms with Crippen molar-refractivity contribution in [3.8, 4) is 16.9 Å². The quantitative estimate of drug-likeness (QED) is 0.398. The van der Waals surface area contributed by atoms with Crippen molar-refractivity contribution in [2.24, 2.45) is 0 Å². The molecule has 1 aliphatic heterocycles. The molecule has 0 unspecified atom stereocenters. The highest BCUT2D eigenvalue weighted by Gasteiger charge is 2.56. The summed E-state index contributed by atoms with van der Waals surface area (Å²) in [4.78, 5) is 32.9. The summed E-state index contributed by atoms with van der Waals surface area (Å²) in [6.07, 6.45) is 0. The fourth-order valence-corrected chi connectivity index (χ4v) is 5.14. The molecule has 172 valence electrons. The molecular formula is C29H20FNO4. The van der Waals surface area contributed by atoms with Crippen molar-refractivity contribution in [2.75, 3.05) is 12.2 Å². The van der Waals surface area contributed by atoms with Gasteiger partial charge in [-0.15, -0.1) is 5.06 Å². The van der Waals surface area contributed by atoms with Gasteiger partial charge in [-0.3, -0.25) is 4.79 Å². The summed E-state index contributed by atoms with van der Waals surface area (Å²) >= 11 is 0. The molecule has 0 aromatic heterocycles. The van der Waals surface area contributed by atoms with Crippen LogP contribution in [0, 0.1) is 0 Å². The van der Waals surface area contributed by atoms with Gasteiger partial charge in [-0.25, -0.2) is 9.18 Å². The average Bonchev–Trinajstić information content (AvgIpc) is 3.35. The van der Waals surface area contributed by atoms with Crippen LogP contribution in [0.2, 0.25) is 0 Å². The van der Waals surface area contributed by atoms with E-state index in [1.807, 2.05) is 48.5 Å². The van der Waals surface area contributed by atoms with Crippen LogP contribution in [0.4, 0.5) is 10.1 Å². The van der Waals surface area contributed by atoms with Crippen molar-refractivity contribution < 1.29 is 23.6 Å². The van der Waals surface area contributed by atoms with E-state index in [0.29, 0.717) is 0 Å². The van der Waals surface area contributed by atoms with E-state index in [2.05, 4.69) is 0 Å². The predicted molar refractivity (Wildman–Crippen MR) is 129 cm³/mol. The third-order valence-corrected chi connectivity index (χ3v) is 6.70. The van der Waals surface area contributed by atoms with E-state index < -0.39 is 23.5 Å². The normalized spacial score (nSPS) is 18.1. The van der Waals surface area contributed by atoms with Gasteiger partial charge >= 0.3 is 11.9 Å². The number of hydrogen-bond donors (Lipinski definition) is 0. The number of hydroxylamine groups is 1. The Kier molecular flexibility index (Phi) is 4.71. The number of benzene rings is 4. The molecule has 4 aromatic rings. The third-order valence-electron chi connectivity index (χ3n) is 6.70. The second kappa shape index (κ2) is 7.81. The van der Waals surface area contributed by atoms with Crippen molar-refractivity contribution in [3.05, 3.63) is 119 Å². The second-order valence-corrected chi connectivity index (χ2v) is 8.49. The number of hydrogen-bond acceptors (Lipinski definition) is 4. The molecule has 0 bridgehead atoms. The number of nitrogens with zero attached hydrogens (tertiary/aromatic N) is 1.